The second kappa shape index (κ2) is 4.56. The van der Waals surface area contributed by atoms with Gasteiger partial charge in [-0.25, -0.2) is 0 Å². The fourth-order valence-corrected chi connectivity index (χ4v) is 0.904. The van der Waals surface area contributed by atoms with Crippen LogP contribution in [0, 0.1) is 5.41 Å². The molecule has 0 amide bonds. The van der Waals surface area contributed by atoms with Gasteiger partial charge in [-0.3, -0.25) is 4.79 Å². The summed E-state index contributed by atoms with van der Waals surface area (Å²) in [5.74, 6) is 0.127. The van der Waals surface area contributed by atoms with E-state index < -0.39 is 0 Å². The third-order valence-corrected chi connectivity index (χ3v) is 1.98. The zero-order chi connectivity index (χ0) is 10.6. The van der Waals surface area contributed by atoms with Crippen LogP contribution >= 0.6 is 0 Å². The molecule has 0 spiro atoms. The van der Waals surface area contributed by atoms with E-state index in [1.165, 1.54) is 0 Å². The number of carbonyl (C=O) groups is 1. The summed E-state index contributed by atoms with van der Waals surface area (Å²) in [6, 6.07) is -0.0596. The maximum atomic E-state index is 11.4. The summed E-state index contributed by atoms with van der Waals surface area (Å²) in [5.41, 5.74) is 6.92. The van der Waals surface area contributed by atoms with E-state index in [2.05, 4.69) is 0 Å². The first-order chi connectivity index (χ1) is 5.73. The second-order valence-corrected chi connectivity index (χ2v) is 4.86. The van der Waals surface area contributed by atoms with Gasteiger partial charge in [0.05, 0.1) is 0 Å². The minimum atomic E-state index is -0.0596. The number of nitrogens with two attached hydrogens (primary N) is 1. The standard InChI is InChI=1S/C11H21NO/c1-8(2)6-9(13)7-10(12)11(3,4)5/h6,10H,7,12H2,1-5H3. The van der Waals surface area contributed by atoms with Crippen LogP contribution < -0.4 is 5.73 Å². The smallest absolute Gasteiger partial charge is 0.157 e. The molecule has 0 rings (SSSR count). The summed E-state index contributed by atoms with van der Waals surface area (Å²) < 4.78 is 0. The molecule has 0 aliphatic rings. The normalized spacial score (nSPS) is 13.7. The van der Waals surface area contributed by atoms with Gasteiger partial charge in [0.15, 0.2) is 5.78 Å². The Kier molecular flexibility index (Phi) is 4.34. The minimum Gasteiger partial charge on any atom is -0.327 e. The number of hydrogen-bond acceptors (Lipinski definition) is 2. The van der Waals surface area contributed by atoms with Crippen LogP contribution in [0.5, 0.6) is 0 Å². The van der Waals surface area contributed by atoms with Gasteiger partial charge in [0, 0.05) is 12.5 Å². The first-order valence-corrected chi connectivity index (χ1v) is 4.67. The fourth-order valence-electron chi connectivity index (χ4n) is 0.904. The maximum Gasteiger partial charge on any atom is 0.157 e. The van der Waals surface area contributed by atoms with Crippen molar-refractivity contribution in [3.63, 3.8) is 0 Å². The summed E-state index contributed by atoms with van der Waals surface area (Å²) in [5, 5.41) is 0. The van der Waals surface area contributed by atoms with Crippen LogP contribution in [0.25, 0.3) is 0 Å². The van der Waals surface area contributed by atoms with Crippen LogP contribution in [0.2, 0.25) is 0 Å². The quantitative estimate of drug-likeness (QED) is 0.682. The number of carbonyl (C=O) groups excluding carboxylic acids is 1. The molecule has 13 heavy (non-hydrogen) atoms. The Labute approximate surface area is 81.2 Å². The molecule has 0 saturated carbocycles. The van der Waals surface area contributed by atoms with E-state index in [1.807, 2.05) is 34.6 Å². The third-order valence-electron chi connectivity index (χ3n) is 1.98. The Bertz CT molecular complexity index is 207. The van der Waals surface area contributed by atoms with Gasteiger partial charge in [0.25, 0.3) is 0 Å². The molecule has 0 saturated heterocycles. The van der Waals surface area contributed by atoms with E-state index in [-0.39, 0.29) is 17.2 Å². The summed E-state index contributed by atoms with van der Waals surface area (Å²) in [4.78, 5) is 11.4. The Morgan fingerprint density at radius 1 is 1.38 bits per heavy atom. The monoisotopic (exact) mass is 183 g/mol. The molecule has 0 aromatic heterocycles. The molecule has 2 N–H and O–H groups in total. The molecule has 0 fully saturated rings. The predicted molar refractivity (Wildman–Crippen MR) is 56.5 cm³/mol. The average molecular weight is 183 g/mol. The second-order valence-electron chi connectivity index (χ2n) is 4.86. The van der Waals surface area contributed by atoms with Crippen molar-refractivity contribution < 1.29 is 4.79 Å². The number of ketones is 1. The van der Waals surface area contributed by atoms with Gasteiger partial charge in [0.2, 0.25) is 0 Å². The highest BCUT2D eigenvalue weighted by atomic mass is 16.1. The first kappa shape index (κ1) is 12.4. The van der Waals surface area contributed by atoms with Crippen molar-refractivity contribution in [1.82, 2.24) is 0 Å². The Morgan fingerprint density at radius 2 is 1.85 bits per heavy atom. The highest BCUT2D eigenvalue weighted by Gasteiger charge is 2.22. The van der Waals surface area contributed by atoms with Crippen LogP contribution in [0.1, 0.15) is 41.0 Å². The minimum absolute atomic E-state index is 0.00511. The lowest BCUT2D eigenvalue weighted by atomic mass is 9.84. The van der Waals surface area contributed by atoms with Crippen LogP contribution in [0.4, 0.5) is 0 Å². The Hall–Kier alpha value is -0.630. The van der Waals surface area contributed by atoms with Crippen molar-refractivity contribution in [2.24, 2.45) is 11.1 Å². The average Bonchev–Trinajstić information content (AvgIpc) is 1.82. The van der Waals surface area contributed by atoms with Crippen molar-refractivity contribution in [2.45, 2.75) is 47.1 Å². The van der Waals surface area contributed by atoms with Gasteiger partial charge in [-0.1, -0.05) is 26.3 Å². The molecule has 2 heteroatoms. The van der Waals surface area contributed by atoms with Crippen LogP contribution in [-0.2, 0) is 4.79 Å². The van der Waals surface area contributed by atoms with E-state index in [1.54, 1.807) is 6.08 Å². The number of rotatable bonds is 3. The number of allylic oxidation sites excluding steroid dienone is 2. The zero-order valence-corrected chi connectivity index (χ0v) is 9.35. The first-order valence-electron chi connectivity index (χ1n) is 4.67. The van der Waals surface area contributed by atoms with Gasteiger partial charge in [-0.2, -0.15) is 0 Å². The molecule has 1 atom stereocenters. The predicted octanol–water partition coefficient (Wildman–Crippen LogP) is 2.29. The van der Waals surface area contributed by atoms with Crippen LogP contribution in [0.3, 0.4) is 0 Å². The lowest BCUT2D eigenvalue weighted by molar-refractivity contribution is -0.115. The van der Waals surface area contributed by atoms with Gasteiger partial charge < -0.3 is 5.73 Å². The molecule has 1 unspecified atom stereocenters. The molecule has 0 aromatic rings. The van der Waals surface area contributed by atoms with E-state index in [9.17, 15) is 4.79 Å². The summed E-state index contributed by atoms with van der Waals surface area (Å²) in [7, 11) is 0. The van der Waals surface area contributed by atoms with Crippen molar-refractivity contribution in [3.8, 4) is 0 Å². The molecule has 0 bridgehead atoms. The topological polar surface area (TPSA) is 43.1 Å². The van der Waals surface area contributed by atoms with E-state index in [4.69, 9.17) is 5.73 Å². The third kappa shape index (κ3) is 5.58. The Morgan fingerprint density at radius 3 is 2.15 bits per heavy atom. The van der Waals surface area contributed by atoms with Crippen molar-refractivity contribution in [3.05, 3.63) is 11.6 Å². The van der Waals surface area contributed by atoms with Crippen LogP contribution in [0.15, 0.2) is 11.6 Å². The maximum absolute atomic E-state index is 11.4. The highest BCUT2D eigenvalue weighted by Crippen LogP contribution is 2.20. The number of hydrogen-bond donors (Lipinski definition) is 1. The molecular weight excluding hydrogens is 162 g/mol. The van der Waals surface area contributed by atoms with Crippen molar-refractivity contribution >= 4 is 5.78 Å². The fraction of sp³-hybridized carbons (Fsp3) is 0.727. The zero-order valence-electron chi connectivity index (χ0n) is 9.35. The van der Waals surface area contributed by atoms with Gasteiger partial charge >= 0.3 is 0 Å². The summed E-state index contributed by atoms with van der Waals surface area (Å²) >= 11 is 0. The van der Waals surface area contributed by atoms with E-state index in [0.29, 0.717) is 6.42 Å². The largest absolute Gasteiger partial charge is 0.327 e. The lowest BCUT2D eigenvalue weighted by Crippen LogP contribution is -2.36. The molecule has 0 aromatic carbocycles. The van der Waals surface area contributed by atoms with Crippen molar-refractivity contribution in [1.29, 1.82) is 0 Å². The van der Waals surface area contributed by atoms with Gasteiger partial charge in [0.1, 0.15) is 0 Å². The molecule has 76 valence electrons. The molecule has 0 radical (unpaired) electrons. The highest BCUT2D eigenvalue weighted by molar-refractivity contribution is 5.90. The summed E-state index contributed by atoms with van der Waals surface area (Å²) in [6.45, 7) is 9.98. The molecule has 0 aliphatic heterocycles. The van der Waals surface area contributed by atoms with Crippen LogP contribution in [-0.4, -0.2) is 11.8 Å². The molecule has 0 heterocycles. The summed E-state index contributed by atoms with van der Waals surface area (Å²) in [6.07, 6.45) is 2.10. The van der Waals surface area contributed by atoms with Crippen molar-refractivity contribution in [2.75, 3.05) is 0 Å². The van der Waals surface area contributed by atoms with E-state index in [0.717, 1.165) is 5.57 Å². The van der Waals surface area contributed by atoms with Gasteiger partial charge in [-0.05, 0) is 25.3 Å². The SMILES string of the molecule is CC(C)=CC(=O)CC(N)C(C)(C)C. The Balaban J connectivity index is 4.16. The molecule has 0 aliphatic carbocycles. The lowest BCUT2D eigenvalue weighted by Gasteiger charge is -2.25. The van der Waals surface area contributed by atoms with Gasteiger partial charge in [-0.15, -0.1) is 0 Å². The molecular formula is C11H21NO. The van der Waals surface area contributed by atoms with E-state index >= 15 is 0 Å². The molecule has 2 nitrogen and oxygen atoms in total.